The number of hydrogen-bond donors (Lipinski definition) is 2. The number of nitrogens with two attached hydrogens (primary N) is 1. The second-order valence-corrected chi connectivity index (χ2v) is 5.06. The number of nitrogen functional groups attached to an aromatic ring is 1. The van der Waals surface area contributed by atoms with Gasteiger partial charge in [0.15, 0.2) is 0 Å². The van der Waals surface area contributed by atoms with Gasteiger partial charge in [0.2, 0.25) is 5.95 Å². The molecule has 0 radical (unpaired) electrons. The summed E-state index contributed by atoms with van der Waals surface area (Å²) in [5, 5.41) is 3.26. The first-order valence-electron chi connectivity index (χ1n) is 7.48. The van der Waals surface area contributed by atoms with Gasteiger partial charge in [-0.1, -0.05) is 6.92 Å². The van der Waals surface area contributed by atoms with Crippen LogP contribution in [-0.4, -0.2) is 42.3 Å². The minimum absolute atomic E-state index is 0.289. The van der Waals surface area contributed by atoms with Crippen molar-refractivity contribution in [2.24, 2.45) is 0 Å². The molecule has 0 spiro atoms. The third-order valence-electron chi connectivity index (χ3n) is 3.39. The van der Waals surface area contributed by atoms with Crippen LogP contribution in [0.3, 0.4) is 0 Å². The zero-order valence-electron chi connectivity index (χ0n) is 12.4. The van der Waals surface area contributed by atoms with E-state index in [1.54, 1.807) is 0 Å². The molecule has 1 aliphatic heterocycles. The Morgan fingerprint density at radius 2 is 2.30 bits per heavy atom. The van der Waals surface area contributed by atoms with Gasteiger partial charge in [-0.25, -0.2) is 0 Å². The Kier molecular flexibility index (Phi) is 5.40. The van der Waals surface area contributed by atoms with E-state index in [2.05, 4.69) is 27.1 Å². The Hall–Kier alpha value is -1.56. The average Bonchev–Trinajstić information content (AvgIpc) is 2.45. The van der Waals surface area contributed by atoms with E-state index >= 15 is 0 Å². The maximum absolute atomic E-state index is 5.81. The van der Waals surface area contributed by atoms with E-state index in [0.717, 1.165) is 57.1 Å². The number of hydrogen-bond acceptors (Lipinski definition) is 6. The molecular weight excluding hydrogens is 254 g/mol. The molecule has 1 aliphatic rings. The van der Waals surface area contributed by atoms with Gasteiger partial charge >= 0.3 is 0 Å². The van der Waals surface area contributed by atoms with Gasteiger partial charge in [-0.2, -0.15) is 9.97 Å². The lowest BCUT2D eigenvalue weighted by molar-refractivity contribution is 0.0525. The summed E-state index contributed by atoms with van der Waals surface area (Å²) in [7, 11) is 0. The monoisotopic (exact) mass is 279 g/mol. The van der Waals surface area contributed by atoms with E-state index in [0.29, 0.717) is 5.95 Å². The average molecular weight is 279 g/mol. The SMILES string of the molecule is CCCNc1cc(N2CCCC(OCC)C2)nc(N)n1. The van der Waals surface area contributed by atoms with Gasteiger partial charge in [-0.05, 0) is 26.2 Å². The van der Waals surface area contributed by atoms with Crippen molar-refractivity contribution in [1.82, 2.24) is 9.97 Å². The lowest BCUT2D eigenvalue weighted by Gasteiger charge is -2.33. The van der Waals surface area contributed by atoms with Crippen molar-refractivity contribution in [3.05, 3.63) is 6.07 Å². The van der Waals surface area contributed by atoms with Crippen LogP contribution >= 0.6 is 0 Å². The molecule has 2 heterocycles. The molecule has 112 valence electrons. The quantitative estimate of drug-likeness (QED) is 0.828. The number of anilines is 3. The first kappa shape index (κ1) is 14.8. The predicted octanol–water partition coefficient (Wildman–Crippen LogP) is 1.89. The summed E-state index contributed by atoms with van der Waals surface area (Å²) in [6.07, 6.45) is 3.57. The summed E-state index contributed by atoms with van der Waals surface area (Å²) < 4.78 is 5.73. The van der Waals surface area contributed by atoms with E-state index in [4.69, 9.17) is 10.5 Å². The molecule has 20 heavy (non-hydrogen) atoms. The van der Waals surface area contributed by atoms with Crippen LogP contribution in [0, 0.1) is 0 Å². The minimum atomic E-state index is 0.289. The number of nitrogens with zero attached hydrogens (tertiary/aromatic N) is 3. The summed E-state index contributed by atoms with van der Waals surface area (Å²) in [6, 6.07) is 1.97. The highest BCUT2D eigenvalue weighted by Gasteiger charge is 2.21. The molecule has 6 heteroatoms. The lowest BCUT2D eigenvalue weighted by atomic mass is 10.1. The molecule has 1 unspecified atom stereocenters. The largest absolute Gasteiger partial charge is 0.377 e. The molecule has 0 amide bonds. The predicted molar refractivity (Wildman–Crippen MR) is 82.1 cm³/mol. The molecule has 0 aromatic carbocycles. The van der Waals surface area contributed by atoms with Gasteiger partial charge in [-0.15, -0.1) is 0 Å². The smallest absolute Gasteiger partial charge is 0.223 e. The topological polar surface area (TPSA) is 76.3 Å². The molecule has 2 rings (SSSR count). The molecule has 6 nitrogen and oxygen atoms in total. The third-order valence-corrected chi connectivity index (χ3v) is 3.39. The molecule has 1 aromatic heterocycles. The van der Waals surface area contributed by atoms with Crippen molar-refractivity contribution in [2.75, 3.05) is 42.2 Å². The van der Waals surface area contributed by atoms with E-state index < -0.39 is 0 Å². The van der Waals surface area contributed by atoms with Crippen LogP contribution in [-0.2, 0) is 4.74 Å². The maximum Gasteiger partial charge on any atom is 0.223 e. The van der Waals surface area contributed by atoms with Gasteiger partial charge in [0.25, 0.3) is 0 Å². The van der Waals surface area contributed by atoms with Crippen molar-refractivity contribution < 1.29 is 4.74 Å². The Morgan fingerprint density at radius 3 is 3.05 bits per heavy atom. The van der Waals surface area contributed by atoms with Crippen molar-refractivity contribution >= 4 is 17.6 Å². The fourth-order valence-electron chi connectivity index (χ4n) is 2.48. The number of rotatable bonds is 6. The highest BCUT2D eigenvalue weighted by Crippen LogP contribution is 2.22. The zero-order chi connectivity index (χ0) is 14.4. The molecule has 1 saturated heterocycles. The van der Waals surface area contributed by atoms with Crippen LogP contribution in [0.25, 0.3) is 0 Å². The molecule has 0 aliphatic carbocycles. The Morgan fingerprint density at radius 1 is 1.45 bits per heavy atom. The molecular formula is C14H25N5O. The Balaban J connectivity index is 2.08. The van der Waals surface area contributed by atoms with Crippen LogP contribution in [0.2, 0.25) is 0 Å². The van der Waals surface area contributed by atoms with Gasteiger partial charge in [0.1, 0.15) is 11.6 Å². The number of ether oxygens (including phenoxy) is 1. The first-order valence-corrected chi connectivity index (χ1v) is 7.48. The minimum Gasteiger partial charge on any atom is -0.377 e. The first-order chi connectivity index (χ1) is 9.72. The van der Waals surface area contributed by atoms with Crippen LogP contribution in [0.5, 0.6) is 0 Å². The highest BCUT2D eigenvalue weighted by molar-refractivity contribution is 5.52. The van der Waals surface area contributed by atoms with Crippen LogP contribution in [0.15, 0.2) is 6.07 Å². The summed E-state index contributed by atoms with van der Waals surface area (Å²) in [4.78, 5) is 10.8. The normalized spacial score (nSPS) is 19.1. The van der Waals surface area contributed by atoms with Gasteiger partial charge in [0, 0.05) is 32.3 Å². The molecule has 1 fully saturated rings. The van der Waals surface area contributed by atoms with Gasteiger partial charge in [0.05, 0.1) is 6.10 Å². The molecule has 0 saturated carbocycles. The van der Waals surface area contributed by atoms with E-state index in [1.807, 2.05) is 13.0 Å². The summed E-state index contributed by atoms with van der Waals surface area (Å²) in [6.45, 7) is 7.67. The summed E-state index contributed by atoms with van der Waals surface area (Å²) in [5.74, 6) is 2.01. The van der Waals surface area contributed by atoms with E-state index in [9.17, 15) is 0 Å². The molecule has 1 aromatic rings. The van der Waals surface area contributed by atoms with Gasteiger partial charge < -0.3 is 20.7 Å². The zero-order valence-corrected chi connectivity index (χ0v) is 12.4. The summed E-state index contributed by atoms with van der Waals surface area (Å²) >= 11 is 0. The summed E-state index contributed by atoms with van der Waals surface area (Å²) in [5.41, 5.74) is 5.81. The second-order valence-electron chi connectivity index (χ2n) is 5.06. The highest BCUT2D eigenvalue weighted by atomic mass is 16.5. The van der Waals surface area contributed by atoms with Crippen molar-refractivity contribution in [3.63, 3.8) is 0 Å². The molecule has 0 bridgehead atoms. The fraction of sp³-hybridized carbons (Fsp3) is 0.714. The maximum atomic E-state index is 5.81. The van der Waals surface area contributed by atoms with E-state index in [-0.39, 0.29) is 6.10 Å². The number of aromatic nitrogens is 2. The van der Waals surface area contributed by atoms with Crippen LogP contribution in [0.4, 0.5) is 17.6 Å². The van der Waals surface area contributed by atoms with Crippen molar-refractivity contribution in [2.45, 2.75) is 39.2 Å². The van der Waals surface area contributed by atoms with Crippen molar-refractivity contribution in [1.29, 1.82) is 0 Å². The fourth-order valence-corrected chi connectivity index (χ4v) is 2.48. The lowest BCUT2D eigenvalue weighted by Crippen LogP contribution is -2.40. The Bertz CT molecular complexity index is 424. The van der Waals surface area contributed by atoms with E-state index in [1.165, 1.54) is 0 Å². The molecule has 3 N–H and O–H groups in total. The van der Waals surface area contributed by atoms with Crippen molar-refractivity contribution in [3.8, 4) is 0 Å². The number of piperidine rings is 1. The van der Waals surface area contributed by atoms with Crippen LogP contribution < -0.4 is 16.0 Å². The second kappa shape index (κ2) is 7.28. The third kappa shape index (κ3) is 3.96. The Labute approximate surface area is 120 Å². The van der Waals surface area contributed by atoms with Crippen LogP contribution in [0.1, 0.15) is 33.1 Å². The molecule has 1 atom stereocenters. The standard InChI is InChI=1S/C14H25N5O/c1-3-7-16-12-9-13(18-14(15)17-12)19-8-5-6-11(10-19)20-4-2/h9,11H,3-8,10H2,1-2H3,(H3,15,16,17,18). The van der Waals surface area contributed by atoms with Gasteiger partial charge in [-0.3, -0.25) is 0 Å². The number of nitrogens with one attached hydrogen (secondary N) is 1.